The Balaban J connectivity index is 2.29. The number of benzene rings is 1. The number of para-hydroxylation sites is 1. The summed E-state index contributed by atoms with van der Waals surface area (Å²) in [5.74, 6) is 0.901. The van der Waals surface area contributed by atoms with E-state index in [1.54, 1.807) is 0 Å². The van der Waals surface area contributed by atoms with Gasteiger partial charge >= 0.3 is 0 Å². The van der Waals surface area contributed by atoms with E-state index >= 15 is 0 Å². The topological polar surface area (TPSA) is 21.3 Å². The number of hydrogen-bond acceptors (Lipinski definition) is 2. The Morgan fingerprint density at radius 2 is 2.00 bits per heavy atom. The van der Waals surface area contributed by atoms with Crippen molar-refractivity contribution in [3.63, 3.8) is 0 Å². The summed E-state index contributed by atoms with van der Waals surface area (Å²) < 4.78 is 6.67. The van der Waals surface area contributed by atoms with Crippen LogP contribution in [0.2, 0.25) is 0 Å². The van der Waals surface area contributed by atoms with E-state index in [1.165, 1.54) is 0 Å². The second-order valence-corrected chi connectivity index (χ2v) is 5.30. The molecule has 0 bridgehead atoms. The maximum atomic E-state index is 5.67. The number of rotatable bonds is 6. The Bertz CT molecular complexity index is 325. The summed E-state index contributed by atoms with van der Waals surface area (Å²) in [6.07, 6.45) is 1.11. The van der Waals surface area contributed by atoms with E-state index < -0.39 is 0 Å². The predicted molar refractivity (Wildman–Crippen MR) is 72.0 cm³/mol. The van der Waals surface area contributed by atoms with Crippen LogP contribution in [0.5, 0.6) is 5.75 Å². The van der Waals surface area contributed by atoms with Crippen molar-refractivity contribution in [1.29, 1.82) is 0 Å². The molecule has 3 heteroatoms. The molecule has 0 amide bonds. The van der Waals surface area contributed by atoms with Gasteiger partial charge in [-0.15, -0.1) is 0 Å². The van der Waals surface area contributed by atoms with Gasteiger partial charge in [-0.25, -0.2) is 0 Å². The Labute approximate surface area is 107 Å². The van der Waals surface area contributed by atoms with E-state index in [9.17, 15) is 0 Å². The SMILES string of the molecule is CCC(C)(C)NCCOc1ccccc1Br. The van der Waals surface area contributed by atoms with Crippen molar-refractivity contribution < 1.29 is 4.74 Å². The highest BCUT2D eigenvalue weighted by Crippen LogP contribution is 2.23. The van der Waals surface area contributed by atoms with Crippen LogP contribution in [0.4, 0.5) is 0 Å². The molecule has 90 valence electrons. The summed E-state index contributed by atoms with van der Waals surface area (Å²) in [6, 6.07) is 7.91. The molecule has 0 saturated carbocycles. The van der Waals surface area contributed by atoms with Crippen molar-refractivity contribution in [2.75, 3.05) is 13.2 Å². The summed E-state index contributed by atoms with van der Waals surface area (Å²) in [6.45, 7) is 8.13. The molecule has 16 heavy (non-hydrogen) atoms. The third-order valence-electron chi connectivity index (χ3n) is 2.68. The summed E-state index contributed by atoms with van der Waals surface area (Å²) in [4.78, 5) is 0. The Hall–Kier alpha value is -0.540. The average Bonchev–Trinajstić information content (AvgIpc) is 2.27. The minimum atomic E-state index is 0.192. The van der Waals surface area contributed by atoms with E-state index in [-0.39, 0.29) is 5.54 Å². The Morgan fingerprint density at radius 3 is 2.62 bits per heavy atom. The van der Waals surface area contributed by atoms with E-state index in [2.05, 4.69) is 42.0 Å². The highest BCUT2D eigenvalue weighted by atomic mass is 79.9. The second-order valence-electron chi connectivity index (χ2n) is 4.44. The molecular formula is C13H20BrNO. The predicted octanol–water partition coefficient (Wildman–Crippen LogP) is 3.61. The van der Waals surface area contributed by atoms with Crippen molar-refractivity contribution in [3.05, 3.63) is 28.7 Å². The van der Waals surface area contributed by atoms with Gasteiger partial charge in [-0.1, -0.05) is 19.1 Å². The van der Waals surface area contributed by atoms with Crippen LogP contribution >= 0.6 is 15.9 Å². The van der Waals surface area contributed by atoms with E-state index in [1.807, 2.05) is 24.3 Å². The molecule has 0 fully saturated rings. The molecule has 0 radical (unpaired) electrons. The van der Waals surface area contributed by atoms with Gasteiger partial charge in [0.1, 0.15) is 12.4 Å². The zero-order chi connectivity index (χ0) is 12.0. The van der Waals surface area contributed by atoms with Gasteiger partial charge in [-0.05, 0) is 48.3 Å². The van der Waals surface area contributed by atoms with Crippen LogP contribution in [-0.4, -0.2) is 18.7 Å². The number of nitrogens with one attached hydrogen (secondary N) is 1. The first-order valence-electron chi connectivity index (χ1n) is 5.67. The minimum absolute atomic E-state index is 0.192. The molecule has 1 aromatic carbocycles. The third-order valence-corrected chi connectivity index (χ3v) is 3.34. The van der Waals surface area contributed by atoms with Gasteiger partial charge in [0, 0.05) is 12.1 Å². The monoisotopic (exact) mass is 285 g/mol. The van der Waals surface area contributed by atoms with Crippen LogP contribution in [-0.2, 0) is 0 Å². The zero-order valence-corrected chi connectivity index (χ0v) is 11.8. The lowest BCUT2D eigenvalue weighted by Gasteiger charge is -2.24. The average molecular weight is 286 g/mol. The van der Waals surface area contributed by atoms with Crippen LogP contribution in [0.3, 0.4) is 0 Å². The molecule has 0 unspecified atom stereocenters. The van der Waals surface area contributed by atoms with Crippen molar-refractivity contribution >= 4 is 15.9 Å². The molecule has 0 spiro atoms. The Kier molecular flexibility index (Phi) is 5.29. The summed E-state index contributed by atoms with van der Waals surface area (Å²) >= 11 is 3.46. The standard InChI is InChI=1S/C13H20BrNO/c1-4-13(2,3)15-9-10-16-12-8-6-5-7-11(12)14/h5-8,15H,4,9-10H2,1-3H3. The highest BCUT2D eigenvalue weighted by Gasteiger charge is 2.12. The van der Waals surface area contributed by atoms with Crippen LogP contribution in [0.25, 0.3) is 0 Å². The van der Waals surface area contributed by atoms with Crippen LogP contribution in [0.1, 0.15) is 27.2 Å². The normalized spacial score (nSPS) is 11.5. The maximum absolute atomic E-state index is 5.67. The second kappa shape index (κ2) is 6.26. The molecule has 0 saturated heterocycles. The van der Waals surface area contributed by atoms with Gasteiger partial charge in [0.2, 0.25) is 0 Å². The first-order valence-corrected chi connectivity index (χ1v) is 6.47. The number of ether oxygens (including phenoxy) is 1. The first-order chi connectivity index (χ1) is 7.55. The van der Waals surface area contributed by atoms with Gasteiger partial charge in [0.05, 0.1) is 4.47 Å². The van der Waals surface area contributed by atoms with E-state index in [4.69, 9.17) is 4.74 Å². The third kappa shape index (κ3) is 4.54. The maximum Gasteiger partial charge on any atom is 0.133 e. The largest absolute Gasteiger partial charge is 0.491 e. The smallest absolute Gasteiger partial charge is 0.133 e. The minimum Gasteiger partial charge on any atom is -0.491 e. The lowest BCUT2D eigenvalue weighted by atomic mass is 10.0. The molecule has 0 aliphatic heterocycles. The molecule has 0 aliphatic rings. The number of halogens is 1. The molecule has 0 aliphatic carbocycles. The van der Waals surface area contributed by atoms with Gasteiger partial charge in [-0.3, -0.25) is 0 Å². The quantitative estimate of drug-likeness (QED) is 0.807. The van der Waals surface area contributed by atoms with Crippen LogP contribution in [0.15, 0.2) is 28.7 Å². The lowest BCUT2D eigenvalue weighted by Crippen LogP contribution is -2.40. The van der Waals surface area contributed by atoms with E-state index in [0.717, 1.165) is 23.2 Å². The fourth-order valence-corrected chi connectivity index (χ4v) is 1.64. The Morgan fingerprint density at radius 1 is 1.31 bits per heavy atom. The lowest BCUT2D eigenvalue weighted by molar-refractivity contribution is 0.279. The molecule has 2 nitrogen and oxygen atoms in total. The van der Waals surface area contributed by atoms with Crippen molar-refractivity contribution in [2.24, 2.45) is 0 Å². The van der Waals surface area contributed by atoms with Crippen molar-refractivity contribution in [1.82, 2.24) is 5.32 Å². The molecule has 1 rings (SSSR count). The highest BCUT2D eigenvalue weighted by molar-refractivity contribution is 9.10. The van der Waals surface area contributed by atoms with Crippen molar-refractivity contribution in [2.45, 2.75) is 32.7 Å². The van der Waals surface area contributed by atoms with Gasteiger partial charge in [-0.2, -0.15) is 0 Å². The van der Waals surface area contributed by atoms with Crippen LogP contribution in [0, 0.1) is 0 Å². The van der Waals surface area contributed by atoms with Gasteiger partial charge in [0.25, 0.3) is 0 Å². The van der Waals surface area contributed by atoms with Gasteiger partial charge < -0.3 is 10.1 Å². The molecule has 0 heterocycles. The molecular weight excluding hydrogens is 266 g/mol. The summed E-state index contributed by atoms with van der Waals surface area (Å²) in [7, 11) is 0. The van der Waals surface area contributed by atoms with E-state index in [0.29, 0.717) is 6.61 Å². The molecule has 0 atom stereocenters. The molecule has 1 N–H and O–H groups in total. The van der Waals surface area contributed by atoms with Crippen LogP contribution < -0.4 is 10.1 Å². The molecule has 0 aromatic heterocycles. The fraction of sp³-hybridized carbons (Fsp3) is 0.538. The first kappa shape index (κ1) is 13.5. The molecule has 1 aromatic rings. The zero-order valence-electron chi connectivity index (χ0n) is 10.2. The fourth-order valence-electron chi connectivity index (χ4n) is 1.24. The van der Waals surface area contributed by atoms with Gasteiger partial charge in [0.15, 0.2) is 0 Å². The van der Waals surface area contributed by atoms with Crippen molar-refractivity contribution in [3.8, 4) is 5.75 Å². The number of hydrogen-bond donors (Lipinski definition) is 1. The summed E-state index contributed by atoms with van der Waals surface area (Å²) in [5.41, 5.74) is 0.192. The summed E-state index contributed by atoms with van der Waals surface area (Å²) in [5, 5.41) is 3.46.